The summed E-state index contributed by atoms with van der Waals surface area (Å²) in [5.41, 5.74) is 0.421. The minimum Gasteiger partial charge on any atom is -0.246 e. The Morgan fingerprint density at radius 1 is 1.50 bits per heavy atom. The van der Waals surface area contributed by atoms with Crippen LogP contribution in [0.1, 0.15) is 17.7 Å². The lowest BCUT2D eigenvalue weighted by Crippen LogP contribution is -1.97. The van der Waals surface area contributed by atoms with Gasteiger partial charge in [-0.2, -0.15) is 0 Å². The maximum atomic E-state index is 12.3. The molecule has 0 atom stereocenters. The molecule has 0 bridgehead atoms. The van der Waals surface area contributed by atoms with Crippen molar-refractivity contribution in [1.29, 1.82) is 0 Å². The van der Waals surface area contributed by atoms with Gasteiger partial charge in [0.05, 0.1) is 5.69 Å². The lowest BCUT2D eigenvalue weighted by atomic mass is 10.2. The Labute approximate surface area is 90.8 Å². The third-order valence-corrected chi connectivity index (χ3v) is 2.47. The molecule has 0 aliphatic heterocycles. The molecule has 66 valence electrons. The quantitative estimate of drug-likeness (QED) is 0.453. The van der Waals surface area contributed by atoms with Crippen LogP contribution in [0.3, 0.4) is 0 Å². The summed E-state index contributed by atoms with van der Waals surface area (Å²) in [5, 5.41) is 0.365. The van der Waals surface area contributed by atoms with Gasteiger partial charge < -0.3 is 0 Å². The number of nitrogens with zero attached hydrogens (tertiary/aromatic N) is 1. The molecule has 0 radical (unpaired) electrons. The molecule has 0 aromatic carbocycles. The van der Waals surface area contributed by atoms with Gasteiger partial charge in [-0.25, -0.2) is 13.8 Å². The fourth-order valence-corrected chi connectivity index (χ4v) is 1.71. The zero-order valence-corrected chi connectivity index (χ0v) is 9.64. The molecule has 1 rings (SSSR count). The first-order valence-corrected chi connectivity index (χ1v) is 5.34. The summed E-state index contributed by atoms with van der Waals surface area (Å²) in [7, 11) is 0. The van der Waals surface area contributed by atoms with E-state index >= 15 is 0 Å². The molecule has 1 heterocycles. The molecule has 1 nitrogen and oxygen atoms in total. The number of halogens is 4. The van der Waals surface area contributed by atoms with Crippen molar-refractivity contribution in [2.45, 2.75) is 11.8 Å². The summed E-state index contributed by atoms with van der Waals surface area (Å²) in [4.78, 5) is 3.97. The van der Waals surface area contributed by atoms with Crippen LogP contribution in [0.2, 0.25) is 0 Å². The largest absolute Gasteiger partial charge is 0.265 e. The maximum Gasteiger partial charge on any atom is 0.265 e. The lowest BCUT2D eigenvalue weighted by Gasteiger charge is -2.04. The van der Waals surface area contributed by atoms with Crippen LogP contribution < -0.4 is 0 Å². The van der Waals surface area contributed by atoms with Crippen molar-refractivity contribution in [3.63, 3.8) is 0 Å². The SMILES string of the molecule is FC(F)c1ccc(I)nc1CBr. The van der Waals surface area contributed by atoms with Crippen LogP contribution in [-0.2, 0) is 5.33 Å². The second-order valence-corrected chi connectivity index (χ2v) is 3.77. The molecular weight excluding hydrogens is 343 g/mol. The van der Waals surface area contributed by atoms with Gasteiger partial charge >= 0.3 is 0 Å². The van der Waals surface area contributed by atoms with Crippen LogP contribution in [0, 0.1) is 3.70 Å². The molecule has 5 heteroatoms. The molecule has 0 unspecified atom stereocenters. The standard InChI is InChI=1S/C7H5BrF2IN/c8-3-5-4(7(9)10)1-2-6(11)12-5/h1-2,7H,3H2. The van der Waals surface area contributed by atoms with Gasteiger partial charge in [0, 0.05) is 10.9 Å². The minimum absolute atomic E-state index is 0.00675. The van der Waals surface area contributed by atoms with Crippen LogP contribution in [0.15, 0.2) is 12.1 Å². The molecule has 0 spiro atoms. The topological polar surface area (TPSA) is 12.9 Å². The van der Waals surface area contributed by atoms with Gasteiger partial charge in [0.1, 0.15) is 3.70 Å². The number of rotatable bonds is 2. The molecule has 0 amide bonds. The van der Waals surface area contributed by atoms with Crippen molar-refractivity contribution in [3.8, 4) is 0 Å². The summed E-state index contributed by atoms with van der Waals surface area (Å²) in [6.45, 7) is 0. The third kappa shape index (κ3) is 2.35. The summed E-state index contributed by atoms with van der Waals surface area (Å²) >= 11 is 5.10. The second-order valence-electron chi connectivity index (χ2n) is 2.10. The smallest absolute Gasteiger partial charge is 0.246 e. The fraction of sp³-hybridized carbons (Fsp3) is 0.286. The Balaban J connectivity index is 3.11. The Hall–Kier alpha value is 0.220. The van der Waals surface area contributed by atoms with Crippen LogP contribution in [0.25, 0.3) is 0 Å². The molecule has 0 saturated heterocycles. The highest BCUT2D eigenvalue weighted by Gasteiger charge is 2.12. The monoisotopic (exact) mass is 347 g/mol. The van der Waals surface area contributed by atoms with Gasteiger partial charge in [-0.1, -0.05) is 15.9 Å². The van der Waals surface area contributed by atoms with E-state index in [-0.39, 0.29) is 5.56 Å². The van der Waals surface area contributed by atoms with Gasteiger partial charge in [0.25, 0.3) is 6.43 Å². The van der Waals surface area contributed by atoms with Crippen LogP contribution >= 0.6 is 38.5 Å². The highest BCUT2D eigenvalue weighted by atomic mass is 127. The van der Waals surface area contributed by atoms with E-state index in [2.05, 4.69) is 20.9 Å². The van der Waals surface area contributed by atoms with Gasteiger partial charge in [-0.3, -0.25) is 0 Å². The van der Waals surface area contributed by atoms with Crippen LogP contribution in [0.4, 0.5) is 8.78 Å². The van der Waals surface area contributed by atoms with Gasteiger partial charge in [-0.05, 0) is 34.7 Å². The van der Waals surface area contributed by atoms with Crippen LogP contribution in [-0.4, -0.2) is 4.98 Å². The van der Waals surface area contributed by atoms with E-state index in [0.29, 0.717) is 11.0 Å². The average molecular weight is 348 g/mol. The number of hydrogen-bond acceptors (Lipinski definition) is 1. The predicted octanol–water partition coefficient (Wildman–Crippen LogP) is 3.52. The van der Waals surface area contributed by atoms with E-state index in [9.17, 15) is 8.78 Å². The first-order valence-electron chi connectivity index (χ1n) is 3.14. The fourth-order valence-electron chi connectivity index (χ4n) is 0.791. The summed E-state index contributed by atoms with van der Waals surface area (Å²) in [6.07, 6.45) is -2.44. The number of pyridine rings is 1. The molecular formula is C7H5BrF2IN. The van der Waals surface area contributed by atoms with E-state index in [1.54, 1.807) is 6.07 Å². The highest BCUT2D eigenvalue weighted by Crippen LogP contribution is 2.23. The third-order valence-electron chi connectivity index (χ3n) is 1.34. The molecule has 0 fully saturated rings. The van der Waals surface area contributed by atoms with Gasteiger partial charge in [-0.15, -0.1) is 0 Å². The summed E-state index contributed by atoms with van der Waals surface area (Å²) in [5.74, 6) is 0. The second kappa shape index (κ2) is 4.45. The van der Waals surface area contributed by atoms with E-state index in [1.807, 2.05) is 22.6 Å². The minimum atomic E-state index is -2.44. The van der Waals surface area contributed by atoms with Crippen molar-refractivity contribution < 1.29 is 8.78 Å². The van der Waals surface area contributed by atoms with Crippen molar-refractivity contribution in [2.75, 3.05) is 0 Å². The van der Waals surface area contributed by atoms with Crippen molar-refractivity contribution in [3.05, 3.63) is 27.1 Å². The van der Waals surface area contributed by atoms with Crippen molar-refractivity contribution >= 4 is 38.5 Å². The van der Waals surface area contributed by atoms with E-state index < -0.39 is 6.43 Å². The Kier molecular flexibility index (Phi) is 3.82. The number of hydrogen-bond donors (Lipinski definition) is 0. The summed E-state index contributed by atoms with van der Waals surface area (Å²) in [6, 6.07) is 2.99. The highest BCUT2D eigenvalue weighted by molar-refractivity contribution is 14.1. The maximum absolute atomic E-state index is 12.3. The van der Waals surface area contributed by atoms with E-state index in [4.69, 9.17) is 0 Å². The molecule has 0 aliphatic rings. The van der Waals surface area contributed by atoms with Crippen LogP contribution in [0.5, 0.6) is 0 Å². The van der Waals surface area contributed by atoms with Crippen molar-refractivity contribution in [2.24, 2.45) is 0 Å². The number of aromatic nitrogens is 1. The van der Waals surface area contributed by atoms with Crippen molar-refractivity contribution in [1.82, 2.24) is 4.98 Å². The van der Waals surface area contributed by atoms with Gasteiger partial charge in [0.2, 0.25) is 0 Å². The number of alkyl halides is 3. The first-order chi connectivity index (χ1) is 5.65. The zero-order valence-electron chi connectivity index (χ0n) is 5.90. The molecule has 1 aromatic rings. The Bertz CT molecular complexity index is 280. The first kappa shape index (κ1) is 10.3. The van der Waals surface area contributed by atoms with E-state index in [0.717, 1.165) is 3.70 Å². The lowest BCUT2D eigenvalue weighted by molar-refractivity contribution is 0.150. The average Bonchev–Trinajstić information content (AvgIpc) is 2.03. The predicted molar refractivity (Wildman–Crippen MR) is 54.5 cm³/mol. The Morgan fingerprint density at radius 2 is 2.17 bits per heavy atom. The molecule has 0 aliphatic carbocycles. The normalized spacial score (nSPS) is 10.8. The summed E-state index contributed by atoms with van der Waals surface area (Å²) < 4.78 is 25.3. The molecule has 0 saturated carbocycles. The van der Waals surface area contributed by atoms with Gasteiger partial charge in [0.15, 0.2) is 0 Å². The Morgan fingerprint density at radius 3 is 2.67 bits per heavy atom. The van der Waals surface area contributed by atoms with E-state index in [1.165, 1.54) is 6.07 Å². The molecule has 0 N–H and O–H groups in total. The molecule has 1 aromatic heterocycles. The zero-order chi connectivity index (χ0) is 9.14. The molecule has 12 heavy (non-hydrogen) atoms.